The van der Waals surface area contributed by atoms with Crippen LogP contribution in [0.1, 0.15) is 34.9 Å². The zero-order valence-electron chi connectivity index (χ0n) is 12.3. The maximum absolute atomic E-state index is 12.2. The highest BCUT2D eigenvalue weighted by Gasteiger charge is 2.20. The van der Waals surface area contributed by atoms with Crippen molar-refractivity contribution < 1.29 is 0 Å². The Kier molecular flexibility index (Phi) is 3.56. The van der Waals surface area contributed by atoms with Crippen LogP contribution in [0, 0.1) is 0 Å². The summed E-state index contributed by atoms with van der Waals surface area (Å²) in [6.07, 6.45) is 3.57. The molecule has 1 aliphatic carbocycles. The first-order valence-electron chi connectivity index (χ1n) is 7.72. The molecule has 0 saturated heterocycles. The van der Waals surface area contributed by atoms with Gasteiger partial charge in [0.25, 0.3) is 5.56 Å². The number of benzene rings is 1. The maximum atomic E-state index is 12.2. The highest BCUT2D eigenvalue weighted by Crippen LogP contribution is 2.33. The molecule has 3 aromatic rings. The molecule has 2 heterocycles. The zero-order chi connectivity index (χ0) is 14.9. The van der Waals surface area contributed by atoms with Crippen molar-refractivity contribution in [3.05, 3.63) is 68.1 Å². The molecule has 0 spiro atoms. The molecule has 4 rings (SSSR count). The van der Waals surface area contributed by atoms with Crippen LogP contribution in [0.25, 0.3) is 10.9 Å². The third-order valence-electron chi connectivity index (χ3n) is 4.42. The fraction of sp³-hybridized carbons (Fsp3) is 0.278. The molecule has 22 heavy (non-hydrogen) atoms. The second-order valence-electron chi connectivity index (χ2n) is 5.84. The van der Waals surface area contributed by atoms with E-state index in [2.05, 4.69) is 21.7 Å². The predicted octanol–water partition coefficient (Wildman–Crippen LogP) is 3.76. The Morgan fingerprint density at radius 2 is 2.18 bits per heavy atom. The molecule has 0 amide bonds. The zero-order valence-corrected chi connectivity index (χ0v) is 13.1. The van der Waals surface area contributed by atoms with Gasteiger partial charge in [0, 0.05) is 28.5 Å². The molecule has 4 heteroatoms. The number of thiophene rings is 1. The second kappa shape index (κ2) is 5.71. The molecular weight excluding hydrogens is 292 g/mol. The molecule has 0 aliphatic heterocycles. The largest absolute Gasteiger partial charge is 0.322 e. The molecule has 0 radical (unpaired) electrons. The molecule has 112 valence electrons. The fourth-order valence-corrected chi connectivity index (χ4v) is 4.24. The number of aromatic amines is 1. The summed E-state index contributed by atoms with van der Waals surface area (Å²) in [4.78, 5) is 16.7. The van der Waals surface area contributed by atoms with Crippen molar-refractivity contribution in [1.29, 1.82) is 0 Å². The minimum Gasteiger partial charge on any atom is -0.322 e. The molecular formula is C18H18N2OS. The van der Waals surface area contributed by atoms with E-state index >= 15 is 0 Å². The van der Waals surface area contributed by atoms with Gasteiger partial charge in [0.2, 0.25) is 0 Å². The van der Waals surface area contributed by atoms with Gasteiger partial charge in [-0.15, -0.1) is 11.3 Å². The number of rotatable bonds is 3. The van der Waals surface area contributed by atoms with Crippen LogP contribution in [0.2, 0.25) is 0 Å². The van der Waals surface area contributed by atoms with Crippen molar-refractivity contribution in [3.8, 4) is 0 Å². The Balaban J connectivity index is 1.58. The van der Waals surface area contributed by atoms with Crippen molar-refractivity contribution >= 4 is 22.2 Å². The lowest BCUT2D eigenvalue weighted by molar-refractivity contribution is 0.462. The number of aromatic nitrogens is 1. The number of pyridine rings is 1. The van der Waals surface area contributed by atoms with E-state index in [1.165, 1.54) is 23.3 Å². The number of aryl methyl sites for hydroxylation is 1. The molecule has 2 N–H and O–H groups in total. The molecule has 0 fully saturated rings. The smallest absolute Gasteiger partial charge is 0.252 e. The van der Waals surface area contributed by atoms with Crippen molar-refractivity contribution in [2.24, 2.45) is 0 Å². The van der Waals surface area contributed by atoms with E-state index in [4.69, 9.17) is 0 Å². The van der Waals surface area contributed by atoms with Gasteiger partial charge in [-0.25, -0.2) is 0 Å². The molecule has 3 nitrogen and oxygen atoms in total. The normalized spacial score (nSPS) is 17.5. The van der Waals surface area contributed by atoms with Gasteiger partial charge in [0.15, 0.2) is 0 Å². The minimum atomic E-state index is 0.00699. The fourth-order valence-electron chi connectivity index (χ4n) is 3.26. The number of hydrogen-bond donors (Lipinski definition) is 2. The lowest BCUT2D eigenvalue weighted by Crippen LogP contribution is -2.27. The summed E-state index contributed by atoms with van der Waals surface area (Å²) in [5, 5.41) is 6.83. The van der Waals surface area contributed by atoms with E-state index in [1.807, 2.05) is 41.7 Å². The van der Waals surface area contributed by atoms with E-state index in [-0.39, 0.29) is 5.56 Å². The Bertz CT molecular complexity index is 865. The summed E-state index contributed by atoms with van der Waals surface area (Å²) in [7, 11) is 0. The topological polar surface area (TPSA) is 44.9 Å². The maximum Gasteiger partial charge on any atom is 0.252 e. The van der Waals surface area contributed by atoms with Crippen LogP contribution < -0.4 is 10.9 Å². The molecule has 0 saturated carbocycles. The summed E-state index contributed by atoms with van der Waals surface area (Å²) < 4.78 is 0. The average Bonchev–Trinajstić information content (AvgIpc) is 3.02. The Labute approximate surface area is 133 Å². The monoisotopic (exact) mass is 310 g/mol. The van der Waals surface area contributed by atoms with Gasteiger partial charge in [-0.05, 0) is 53.8 Å². The Morgan fingerprint density at radius 1 is 1.27 bits per heavy atom. The standard InChI is InChI=1S/C18H18N2OS/c21-18-13(10-12-4-1-2-5-15(12)20-18)11-19-16-6-3-7-17-14(16)8-9-22-17/h1-2,4-5,8-10,16,19H,3,6-7,11H2,(H,20,21). The number of para-hydroxylation sites is 1. The predicted molar refractivity (Wildman–Crippen MR) is 91.4 cm³/mol. The van der Waals surface area contributed by atoms with Gasteiger partial charge in [-0.1, -0.05) is 18.2 Å². The van der Waals surface area contributed by atoms with E-state index in [9.17, 15) is 4.79 Å². The van der Waals surface area contributed by atoms with Gasteiger partial charge in [0.05, 0.1) is 0 Å². The van der Waals surface area contributed by atoms with Gasteiger partial charge < -0.3 is 10.3 Å². The lowest BCUT2D eigenvalue weighted by Gasteiger charge is -2.23. The molecule has 1 unspecified atom stereocenters. The number of hydrogen-bond acceptors (Lipinski definition) is 3. The van der Waals surface area contributed by atoms with Crippen molar-refractivity contribution in [1.82, 2.24) is 10.3 Å². The quantitative estimate of drug-likeness (QED) is 0.774. The Hall–Kier alpha value is -1.91. The average molecular weight is 310 g/mol. The summed E-state index contributed by atoms with van der Waals surface area (Å²) in [6, 6.07) is 12.5. The summed E-state index contributed by atoms with van der Waals surface area (Å²) in [5.74, 6) is 0. The highest BCUT2D eigenvalue weighted by molar-refractivity contribution is 7.10. The summed E-state index contributed by atoms with van der Waals surface area (Å²) in [5.41, 5.74) is 3.14. The van der Waals surface area contributed by atoms with E-state index in [0.717, 1.165) is 22.9 Å². The van der Waals surface area contributed by atoms with Crippen molar-refractivity contribution in [2.75, 3.05) is 0 Å². The van der Waals surface area contributed by atoms with Crippen LogP contribution in [0.5, 0.6) is 0 Å². The lowest BCUT2D eigenvalue weighted by atomic mass is 9.94. The minimum absolute atomic E-state index is 0.00699. The molecule has 2 aromatic heterocycles. The van der Waals surface area contributed by atoms with Crippen LogP contribution in [0.15, 0.2) is 46.6 Å². The van der Waals surface area contributed by atoms with E-state index in [1.54, 1.807) is 0 Å². The van der Waals surface area contributed by atoms with Crippen molar-refractivity contribution in [3.63, 3.8) is 0 Å². The molecule has 1 aliphatic rings. The first-order chi connectivity index (χ1) is 10.8. The third kappa shape index (κ3) is 2.49. The Morgan fingerprint density at radius 3 is 3.14 bits per heavy atom. The van der Waals surface area contributed by atoms with Crippen LogP contribution in [-0.2, 0) is 13.0 Å². The summed E-state index contributed by atoms with van der Waals surface area (Å²) >= 11 is 1.85. The van der Waals surface area contributed by atoms with Crippen LogP contribution in [0.4, 0.5) is 0 Å². The third-order valence-corrected chi connectivity index (χ3v) is 5.42. The highest BCUT2D eigenvalue weighted by atomic mass is 32.1. The number of fused-ring (bicyclic) bond motifs is 2. The molecule has 1 atom stereocenters. The van der Waals surface area contributed by atoms with Gasteiger partial charge in [-0.2, -0.15) is 0 Å². The first kappa shape index (κ1) is 13.7. The van der Waals surface area contributed by atoms with Gasteiger partial charge >= 0.3 is 0 Å². The van der Waals surface area contributed by atoms with Crippen LogP contribution in [0.3, 0.4) is 0 Å². The molecule has 1 aromatic carbocycles. The first-order valence-corrected chi connectivity index (χ1v) is 8.60. The summed E-state index contributed by atoms with van der Waals surface area (Å²) in [6.45, 7) is 0.611. The van der Waals surface area contributed by atoms with Gasteiger partial charge in [-0.3, -0.25) is 4.79 Å². The van der Waals surface area contributed by atoms with E-state index < -0.39 is 0 Å². The number of H-pyrrole nitrogens is 1. The SMILES string of the molecule is O=c1[nH]c2ccccc2cc1CNC1CCCc2sccc21. The second-order valence-corrected chi connectivity index (χ2v) is 6.84. The van der Waals surface area contributed by atoms with Crippen LogP contribution in [-0.4, -0.2) is 4.98 Å². The van der Waals surface area contributed by atoms with Crippen molar-refractivity contribution in [2.45, 2.75) is 31.8 Å². The molecule has 0 bridgehead atoms. The van der Waals surface area contributed by atoms with Gasteiger partial charge in [0.1, 0.15) is 0 Å². The van der Waals surface area contributed by atoms with E-state index in [0.29, 0.717) is 12.6 Å². The number of nitrogens with one attached hydrogen (secondary N) is 2. The van der Waals surface area contributed by atoms with Crippen LogP contribution >= 0.6 is 11.3 Å².